The lowest BCUT2D eigenvalue weighted by Gasteiger charge is -2.12. The molecule has 0 fully saturated rings. The van der Waals surface area contributed by atoms with Crippen molar-refractivity contribution >= 4 is 17.6 Å². The molecule has 0 aliphatic carbocycles. The highest BCUT2D eigenvalue weighted by Gasteiger charge is 2.18. The monoisotopic (exact) mass is 335 g/mol. The number of carbonyl (C=O) groups is 1. The second kappa shape index (κ2) is 7.33. The van der Waals surface area contributed by atoms with Crippen LogP contribution in [0.2, 0.25) is 5.15 Å². The molecule has 1 aromatic carbocycles. The van der Waals surface area contributed by atoms with Crippen LogP contribution < -0.4 is 9.47 Å². The third kappa shape index (κ3) is 3.93. The minimum Gasteiger partial charge on any atom is -0.497 e. The first-order valence-electron chi connectivity index (χ1n) is 6.98. The molecule has 0 saturated heterocycles. The van der Waals surface area contributed by atoms with Crippen molar-refractivity contribution in [3.8, 4) is 11.5 Å². The summed E-state index contributed by atoms with van der Waals surface area (Å²) in [5.74, 6) is 0.747. The average Bonchev–Trinajstić information content (AvgIpc) is 2.51. The van der Waals surface area contributed by atoms with Crippen LogP contribution in [-0.2, 0) is 11.3 Å². The number of halogens is 1. The molecule has 0 radical (unpaired) electrons. The maximum Gasteiger partial charge on any atom is 0.341 e. The van der Waals surface area contributed by atoms with Crippen molar-refractivity contribution in [3.63, 3.8) is 0 Å². The van der Waals surface area contributed by atoms with E-state index in [0.29, 0.717) is 17.1 Å². The van der Waals surface area contributed by atoms with Crippen LogP contribution >= 0.6 is 11.6 Å². The fraction of sp³-hybridized carbons (Fsp3) is 0.294. The lowest BCUT2D eigenvalue weighted by Crippen LogP contribution is -2.10. The summed E-state index contributed by atoms with van der Waals surface area (Å²) in [4.78, 5) is 16.4. The van der Waals surface area contributed by atoms with Crippen molar-refractivity contribution in [1.82, 2.24) is 4.98 Å². The molecule has 0 N–H and O–H groups in total. The average molecular weight is 336 g/mol. The number of benzene rings is 1. The van der Waals surface area contributed by atoms with Gasteiger partial charge in [-0.2, -0.15) is 0 Å². The van der Waals surface area contributed by atoms with Gasteiger partial charge in [-0.15, -0.1) is 0 Å². The summed E-state index contributed by atoms with van der Waals surface area (Å²) < 4.78 is 15.8. The third-order valence-corrected chi connectivity index (χ3v) is 3.62. The van der Waals surface area contributed by atoms with Crippen molar-refractivity contribution in [2.45, 2.75) is 20.5 Å². The summed E-state index contributed by atoms with van der Waals surface area (Å²) in [6.45, 7) is 3.65. The Morgan fingerprint density at radius 2 is 1.91 bits per heavy atom. The Morgan fingerprint density at radius 3 is 2.52 bits per heavy atom. The molecule has 1 aromatic heterocycles. The van der Waals surface area contributed by atoms with Crippen molar-refractivity contribution in [2.75, 3.05) is 14.2 Å². The fourth-order valence-electron chi connectivity index (χ4n) is 2.25. The molecule has 0 aliphatic rings. The van der Waals surface area contributed by atoms with Crippen LogP contribution in [-0.4, -0.2) is 25.2 Å². The van der Waals surface area contributed by atoms with Gasteiger partial charge in [-0.1, -0.05) is 11.6 Å². The maximum atomic E-state index is 12.3. The summed E-state index contributed by atoms with van der Waals surface area (Å²) in [6, 6.07) is 7.07. The van der Waals surface area contributed by atoms with Crippen LogP contribution in [0, 0.1) is 13.8 Å². The molecule has 0 bridgehead atoms. The largest absolute Gasteiger partial charge is 0.497 e. The van der Waals surface area contributed by atoms with Gasteiger partial charge in [0.25, 0.3) is 0 Å². The molecule has 23 heavy (non-hydrogen) atoms. The van der Waals surface area contributed by atoms with E-state index in [9.17, 15) is 4.79 Å². The van der Waals surface area contributed by atoms with Crippen LogP contribution in [0.4, 0.5) is 0 Å². The lowest BCUT2D eigenvalue weighted by atomic mass is 10.1. The zero-order valence-electron chi connectivity index (χ0n) is 13.5. The zero-order valence-corrected chi connectivity index (χ0v) is 14.2. The number of pyridine rings is 1. The number of nitrogens with zero attached hydrogens (tertiary/aromatic N) is 1. The number of rotatable bonds is 5. The predicted molar refractivity (Wildman–Crippen MR) is 87.4 cm³/mol. The van der Waals surface area contributed by atoms with Gasteiger partial charge in [0, 0.05) is 11.3 Å². The molecule has 5 nitrogen and oxygen atoms in total. The normalized spacial score (nSPS) is 10.3. The van der Waals surface area contributed by atoms with Crippen LogP contribution in [0.1, 0.15) is 27.2 Å². The Kier molecular flexibility index (Phi) is 5.45. The Labute approximate surface area is 140 Å². The van der Waals surface area contributed by atoms with Crippen molar-refractivity contribution in [3.05, 3.63) is 51.8 Å². The van der Waals surface area contributed by atoms with E-state index in [2.05, 4.69) is 4.98 Å². The van der Waals surface area contributed by atoms with E-state index in [-0.39, 0.29) is 17.3 Å². The summed E-state index contributed by atoms with van der Waals surface area (Å²) in [5, 5.41) is 0.144. The molecule has 2 aromatic rings. The zero-order chi connectivity index (χ0) is 17.0. The molecule has 1 heterocycles. The first-order valence-corrected chi connectivity index (χ1v) is 7.35. The number of aryl methyl sites for hydroxylation is 2. The number of methoxy groups -OCH3 is 2. The van der Waals surface area contributed by atoms with E-state index in [4.69, 9.17) is 25.8 Å². The highest BCUT2D eigenvalue weighted by Crippen LogP contribution is 2.26. The summed E-state index contributed by atoms with van der Waals surface area (Å²) in [5.41, 5.74) is 2.46. The molecule has 0 atom stereocenters. The van der Waals surface area contributed by atoms with Gasteiger partial charge >= 0.3 is 5.97 Å². The van der Waals surface area contributed by atoms with E-state index in [0.717, 1.165) is 11.3 Å². The standard InChI is InChI=1S/C17H18ClNO4/c1-10-7-11(2)19-16(18)15(10)17(20)23-9-12-8-13(21-3)5-6-14(12)22-4/h5-8H,9H2,1-4H3. The fourth-order valence-corrected chi connectivity index (χ4v) is 2.61. The van der Waals surface area contributed by atoms with Crippen molar-refractivity contribution in [1.29, 1.82) is 0 Å². The van der Waals surface area contributed by atoms with Crippen molar-refractivity contribution < 1.29 is 19.0 Å². The minimum atomic E-state index is -0.523. The van der Waals surface area contributed by atoms with Gasteiger partial charge in [0.15, 0.2) is 0 Å². The van der Waals surface area contributed by atoms with Crippen LogP contribution in [0.25, 0.3) is 0 Å². The van der Waals surface area contributed by atoms with Crippen LogP contribution in [0.15, 0.2) is 24.3 Å². The number of carbonyl (C=O) groups excluding carboxylic acids is 1. The molecule has 6 heteroatoms. The van der Waals surface area contributed by atoms with Gasteiger partial charge in [0.2, 0.25) is 0 Å². The molecule has 0 amide bonds. The molecule has 0 saturated carbocycles. The maximum absolute atomic E-state index is 12.3. The van der Waals surface area contributed by atoms with Gasteiger partial charge in [-0.05, 0) is 43.7 Å². The second-order valence-electron chi connectivity index (χ2n) is 5.00. The molecular formula is C17H18ClNO4. The van der Waals surface area contributed by atoms with Crippen LogP contribution in [0.3, 0.4) is 0 Å². The molecule has 0 aliphatic heterocycles. The predicted octanol–water partition coefficient (Wildman–Crippen LogP) is 3.73. The Hall–Kier alpha value is -2.27. The summed E-state index contributed by atoms with van der Waals surface area (Å²) in [7, 11) is 3.12. The van der Waals surface area contributed by atoms with Gasteiger partial charge in [0.05, 0.1) is 19.8 Å². The van der Waals surface area contributed by atoms with E-state index in [1.54, 1.807) is 45.4 Å². The number of ether oxygens (including phenoxy) is 3. The SMILES string of the molecule is COc1ccc(OC)c(COC(=O)c2c(C)cc(C)nc2Cl)c1. The van der Waals surface area contributed by atoms with E-state index >= 15 is 0 Å². The first kappa shape index (κ1) is 17.1. The number of esters is 1. The number of hydrogen-bond acceptors (Lipinski definition) is 5. The Bertz CT molecular complexity index is 708. The number of aromatic nitrogens is 1. The molecule has 0 spiro atoms. The van der Waals surface area contributed by atoms with E-state index in [1.165, 1.54) is 0 Å². The topological polar surface area (TPSA) is 57.7 Å². The highest BCUT2D eigenvalue weighted by atomic mass is 35.5. The Balaban J connectivity index is 2.20. The quantitative estimate of drug-likeness (QED) is 0.615. The Morgan fingerprint density at radius 1 is 1.17 bits per heavy atom. The second-order valence-corrected chi connectivity index (χ2v) is 5.36. The highest BCUT2D eigenvalue weighted by molar-refractivity contribution is 6.32. The smallest absolute Gasteiger partial charge is 0.341 e. The third-order valence-electron chi connectivity index (χ3n) is 3.35. The molecular weight excluding hydrogens is 318 g/mol. The van der Waals surface area contributed by atoms with E-state index < -0.39 is 5.97 Å². The van der Waals surface area contributed by atoms with E-state index in [1.807, 2.05) is 6.92 Å². The van der Waals surface area contributed by atoms with Gasteiger partial charge < -0.3 is 14.2 Å². The molecule has 2 rings (SSSR count). The number of hydrogen-bond donors (Lipinski definition) is 0. The van der Waals surface area contributed by atoms with Crippen LogP contribution in [0.5, 0.6) is 11.5 Å². The van der Waals surface area contributed by atoms with Gasteiger partial charge in [-0.25, -0.2) is 9.78 Å². The first-order chi connectivity index (χ1) is 11.0. The lowest BCUT2D eigenvalue weighted by molar-refractivity contribution is 0.0468. The molecule has 0 unspecified atom stereocenters. The minimum absolute atomic E-state index is 0.0445. The summed E-state index contributed by atoms with van der Waals surface area (Å²) in [6.07, 6.45) is 0. The summed E-state index contributed by atoms with van der Waals surface area (Å²) >= 11 is 6.06. The van der Waals surface area contributed by atoms with Crippen molar-refractivity contribution in [2.24, 2.45) is 0 Å². The van der Waals surface area contributed by atoms with Gasteiger partial charge in [0.1, 0.15) is 23.3 Å². The van der Waals surface area contributed by atoms with Gasteiger partial charge in [-0.3, -0.25) is 0 Å². The molecule has 122 valence electrons.